The van der Waals surface area contributed by atoms with E-state index in [1.54, 1.807) is 0 Å². The van der Waals surface area contributed by atoms with Crippen LogP contribution in [0.1, 0.15) is 25.0 Å². The van der Waals surface area contributed by atoms with Crippen LogP contribution in [-0.2, 0) is 5.41 Å². The number of hydrogen-bond donors (Lipinski definition) is 0. The molecule has 1 aliphatic carbocycles. The van der Waals surface area contributed by atoms with Crippen LogP contribution in [-0.4, -0.2) is 0 Å². The van der Waals surface area contributed by atoms with E-state index in [9.17, 15) is 0 Å². The Hall–Kier alpha value is -6.44. The van der Waals surface area contributed by atoms with E-state index in [1.165, 1.54) is 87.8 Å². The monoisotopic (exact) mass is 662 g/mol. The number of benzene rings is 9. The predicted molar refractivity (Wildman–Crippen MR) is 220 cm³/mol. The summed E-state index contributed by atoms with van der Waals surface area (Å²) in [7, 11) is 0. The van der Waals surface area contributed by atoms with E-state index in [4.69, 9.17) is 4.42 Å². The van der Waals surface area contributed by atoms with Crippen LogP contribution in [0.3, 0.4) is 0 Å². The first-order valence-electron chi connectivity index (χ1n) is 18.2. The number of fused-ring (bicyclic) bond motifs is 9. The third-order valence-corrected chi connectivity index (χ3v) is 11.6. The normalized spacial score (nSPS) is 13.3. The van der Waals surface area contributed by atoms with Crippen molar-refractivity contribution in [3.8, 4) is 44.5 Å². The summed E-state index contributed by atoms with van der Waals surface area (Å²) in [5.41, 5.74) is 14.5. The first kappa shape index (κ1) is 29.3. The van der Waals surface area contributed by atoms with E-state index in [0.29, 0.717) is 0 Å². The van der Waals surface area contributed by atoms with Gasteiger partial charge in [-0.25, -0.2) is 0 Å². The Labute approximate surface area is 302 Å². The second kappa shape index (κ2) is 10.8. The summed E-state index contributed by atoms with van der Waals surface area (Å²) < 4.78 is 6.72. The zero-order chi connectivity index (χ0) is 34.6. The van der Waals surface area contributed by atoms with Gasteiger partial charge in [0.1, 0.15) is 11.2 Å². The van der Waals surface area contributed by atoms with Gasteiger partial charge in [0.2, 0.25) is 0 Å². The maximum atomic E-state index is 6.72. The molecule has 244 valence electrons. The summed E-state index contributed by atoms with van der Waals surface area (Å²) in [5.74, 6) is 0. The Bertz CT molecular complexity index is 3040. The van der Waals surface area contributed by atoms with Crippen molar-refractivity contribution in [1.29, 1.82) is 0 Å². The summed E-state index contributed by atoms with van der Waals surface area (Å²) in [6, 6.07) is 62.4. The molecule has 0 unspecified atom stereocenters. The smallest absolute Gasteiger partial charge is 0.136 e. The SMILES string of the molecule is CC1(C)c2ccccc2-c2cc3oc4cc(-c5c6ccccc6c(-c6cccc(-c7ccc8ccccc8c7)c6)c6ccccc56)ccc4c3cc21. The zero-order valence-electron chi connectivity index (χ0n) is 29.1. The first-order valence-corrected chi connectivity index (χ1v) is 18.2. The van der Waals surface area contributed by atoms with Crippen molar-refractivity contribution in [3.05, 3.63) is 181 Å². The average Bonchev–Trinajstić information content (AvgIpc) is 3.66. The summed E-state index contributed by atoms with van der Waals surface area (Å²) in [4.78, 5) is 0. The summed E-state index contributed by atoms with van der Waals surface area (Å²) in [6.07, 6.45) is 0. The van der Waals surface area contributed by atoms with Gasteiger partial charge in [-0.15, -0.1) is 0 Å². The number of furan rings is 1. The largest absolute Gasteiger partial charge is 0.456 e. The topological polar surface area (TPSA) is 13.1 Å². The van der Waals surface area contributed by atoms with Gasteiger partial charge in [0.15, 0.2) is 0 Å². The lowest BCUT2D eigenvalue weighted by Crippen LogP contribution is -2.14. The second-order valence-corrected chi connectivity index (χ2v) is 14.9. The van der Waals surface area contributed by atoms with Crippen molar-refractivity contribution in [1.82, 2.24) is 0 Å². The molecular formula is C51H34O. The minimum atomic E-state index is -0.0573. The number of hydrogen-bond acceptors (Lipinski definition) is 1. The van der Waals surface area contributed by atoms with Gasteiger partial charge < -0.3 is 4.42 Å². The van der Waals surface area contributed by atoms with Crippen LogP contribution < -0.4 is 0 Å². The molecular weight excluding hydrogens is 629 g/mol. The highest BCUT2D eigenvalue weighted by atomic mass is 16.3. The molecule has 0 saturated carbocycles. The Morgan fingerprint density at radius 1 is 0.346 bits per heavy atom. The predicted octanol–water partition coefficient (Wildman–Crippen LogP) is 14.4. The van der Waals surface area contributed by atoms with Crippen LogP contribution >= 0.6 is 0 Å². The Morgan fingerprint density at radius 2 is 0.923 bits per heavy atom. The van der Waals surface area contributed by atoms with E-state index in [1.807, 2.05) is 0 Å². The lowest BCUT2D eigenvalue weighted by atomic mass is 9.82. The highest BCUT2D eigenvalue weighted by molar-refractivity contribution is 6.22. The van der Waals surface area contributed by atoms with Crippen LogP contribution in [0.15, 0.2) is 174 Å². The van der Waals surface area contributed by atoms with Gasteiger partial charge in [-0.1, -0.05) is 147 Å². The fourth-order valence-corrected chi connectivity index (χ4v) is 9.10. The van der Waals surface area contributed by atoms with Crippen LogP contribution in [0.5, 0.6) is 0 Å². The van der Waals surface area contributed by atoms with E-state index < -0.39 is 0 Å². The van der Waals surface area contributed by atoms with Crippen LogP contribution in [0.4, 0.5) is 0 Å². The minimum absolute atomic E-state index is 0.0573. The third kappa shape index (κ3) is 4.17. The molecule has 0 saturated heterocycles. The highest BCUT2D eigenvalue weighted by Crippen LogP contribution is 2.51. The fourth-order valence-electron chi connectivity index (χ4n) is 9.10. The van der Waals surface area contributed by atoms with E-state index in [-0.39, 0.29) is 5.41 Å². The van der Waals surface area contributed by atoms with Gasteiger partial charge in [-0.05, 0) is 124 Å². The molecule has 1 heteroatoms. The van der Waals surface area contributed by atoms with Crippen LogP contribution in [0.2, 0.25) is 0 Å². The summed E-state index contributed by atoms with van der Waals surface area (Å²) in [6.45, 7) is 4.67. The van der Waals surface area contributed by atoms with Gasteiger partial charge in [-0.2, -0.15) is 0 Å². The molecule has 1 nitrogen and oxygen atoms in total. The lowest BCUT2D eigenvalue weighted by Gasteiger charge is -2.21. The molecule has 1 aromatic heterocycles. The van der Waals surface area contributed by atoms with Gasteiger partial charge >= 0.3 is 0 Å². The molecule has 0 N–H and O–H groups in total. The van der Waals surface area contributed by atoms with E-state index >= 15 is 0 Å². The maximum absolute atomic E-state index is 6.72. The summed E-state index contributed by atoms with van der Waals surface area (Å²) >= 11 is 0. The molecule has 52 heavy (non-hydrogen) atoms. The van der Waals surface area contributed by atoms with Gasteiger partial charge in [-0.3, -0.25) is 0 Å². The second-order valence-electron chi connectivity index (χ2n) is 14.9. The van der Waals surface area contributed by atoms with Gasteiger partial charge in [0.25, 0.3) is 0 Å². The summed E-state index contributed by atoms with van der Waals surface area (Å²) in [5, 5.41) is 9.81. The van der Waals surface area contributed by atoms with E-state index in [2.05, 4.69) is 184 Å². The van der Waals surface area contributed by atoms with Crippen molar-refractivity contribution in [3.63, 3.8) is 0 Å². The molecule has 0 aliphatic heterocycles. The third-order valence-electron chi connectivity index (χ3n) is 11.6. The highest BCUT2D eigenvalue weighted by Gasteiger charge is 2.36. The molecule has 0 radical (unpaired) electrons. The number of rotatable bonds is 3. The first-order chi connectivity index (χ1) is 25.5. The van der Waals surface area contributed by atoms with Crippen molar-refractivity contribution >= 4 is 54.3 Å². The molecule has 1 aliphatic rings. The molecule has 11 rings (SSSR count). The zero-order valence-corrected chi connectivity index (χ0v) is 29.1. The Morgan fingerprint density at radius 3 is 1.67 bits per heavy atom. The minimum Gasteiger partial charge on any atom is -0.456 e. The van der Waals surface area contributed by atoms with Crippen molar-refractivity contribution in [2.45, 2.75) is 19.3 Å². The molecule has 0 atom stereocenters. The standard InChI is InChI=1S/C51H34O/c1-51(2)45-21-10-9-16-37(45)43-30-48-44(29-46(43)51)38-25-24-36(28-47(38)52-48)50-41-19-7-5-17-39(41)49(40-18-6-8-20-42(40)50)35-15-11-14-33(27-35)34-23-22-31-12-3-4-13-32(31)26-34/h3-30H,1-2H3. The molecule has 0 spiro atoms. The van der Waals surface area contributed by atoms with Gasteiger partial charge in [0.05, 0.1) is 0 Å². The molecule has 9 aromatic carbocycles. The van der Waals surface area contributed by atoms with Crippen molar-refractivity contribution < 1.29 is 4.42 Å². The Kier molecular flexibility index (Phi) is 6.08. The quantitative estimate of drug-likeness (QED) is 0.172. The maximum Gasteiger partial charge on any atom is 0.136 e. The fraction of sp³-hybridized carbons (Fsp3) is 0.0588. The lowest BCUT2D eigenvalue weighted by molar-refractivity contribution is 0.658. The molecule has 1 heterocycles. The van der Waals surface area contributed by atoms with Crippen molar-refractivity contribution in [2.75, 3.05) is 0 Å². The van der Waals surface area contributed by atoms with Crippen LogP contribution in [0, 0.1) is 0 Å². The molecule has 10 aromatic rings. The van der Waals surface area contributed by atoms with E-state index in [0.717, 1.165) is 22.1 Å². The molecule has 0 bridgehead atoms. The van der Waals surface area contributed by atoms with Gasteiger partial charge in [0, 0.05) is 16.2 Å². The Balaban J connectivity index is 1.10. The van der Waals surface area contributed by atoms with Crippen molar-refractivity contribution in [2.24, 2.45) is 0 Å². The molecule has 0 amide bonds. The average molecular weight is 663 g/mol. The molecule has 0 fully saturated rings. The van der Waals surface area contributed by atoms with Crippen LogP contribution in [0.25, 0.3) is 98.8 Å².